The van der Waals surface area contributed by atoms with Crippen molar-refractivity contribution in [2.45, 2.75) is 25.2 Å². The SMILES string of the molecule is Cc1ccccc1CN(C)CC(C)Br. The minimum atomic E-state index is 0.552. The molecular formula is C12H18BrN. The van der Waals surface area contributed by atoms with Gasteiger partial charge in [-0.05, 0) is 25.1 Å². The summed E-state index contributed by atoms with van der Waals surface area (Å²) in [4.78, 5) is 2.89. The van der Waals surface area contributed by atoms with Crippen LogP contribution in [0.5, 0.6) is 0 Å². The maximum atomic E-state index is 3.57. The van der Waals surface area contributed by atoms with Crippen LogP contribution in [0.15, 0.2) is 24.3 Å². The van der Waals surface area contributed by atoms with Gasteiger partial charge in [0.15, 0.2) is 0 Å². The summed E-state index contributed by atoms with van der Waals surface area (Å²) in [7, 11) is 2.16. The predicted molar refractivity (Wildman–Crippen MR) is 65.9 cm³/mol. The molecule has 0 aliphatic carbocycles. The molecule has 0 N–H and O–H groups in total. The molecule has 0 saturated carbocycles. The number of hydrogen-bond donors (Lipinski definition) is 0. The van der Waals surface area contributed by atoms with Gasteiger partial charge in [0.25, 0.3) is 0 Å². The molecule has 0 aliphatic rings. The summed E-state index contributed by atoms with van der Waals surface area (Å²) < 4.78 is 0. The van der Waals surface area contributed by atoms with Gasteiger partial charge in [0, 0.05) is 17.9 Å². The number of halogens is 1. The lowest BCUT2D eigenvalue weighted by Gasteiger charge is -2.19. The Kier molecular flexibility index (Phi) is 4.63. The summed E-state index contributed by atoms with van der Waals surface area (Å²) in [6.45, 7) is 6.45. The molecule has 14 heavy (non-hydrogen) atoms. The molecule has 0 aromatic heterocycles. The molecule has 0 bridgehead atoms. The van der Waals surface area contributed by atoms with E-state index in [2.05, 4.69) is 66.0 Å². The number of benzene rings is 1. The van der Waals surface area contributed by atoms with E-state index in [0.29, 0.717) is 4.83 Å². The van der Waals surface area contributed by atoms with E-state index in [1.165, 1.54) is 11.1 Å². The third-order valence-corrected chi connectivity index (χ3v) is 2.55. The molecule has 0 heterocycles. The fraction of sp³-hybridized carbons (Fsp3) is 0.500. The Morgan fingerprint density at radius 2 is 2.00 bits per heavy atom. The highest BCUT2D eigenvalue weighted by atomic mass is 79.9. The van der Waals surface area contributed by atoms with Crippen LogP contribution in [0.3, 0.4) is 0 Å². The number of aryl methyl sites for hydroxylation is 1. The average Bonchev–Trinajstić information content (AvgIpc) is 2.07. The molecule has 1 atom stereocenters. The highest BCUT2D eigenvalue weighted by Gasteiger charge is 2.04. The Morgan fingerprint density at radius 3 is 2.57 bits per heavy atom. The molecule has 1 nitrogen and oxygen atoms in total. The maximum absolute atomic E-state index is 3.57. The van der Waals surface area contributed by atoms with Crippen molar-refractivity contribution in [3.63, 3.8) is 0 Å². The average molecular weight is 256 g/mol. The Hall–Kier alpha value is -0.340. The molecule has 0 radical (unpaired) electrons. The fourth-order valence-corrected chi connectivity index (χ4v) is 2.07. The van der Waals surface area contributed by atoms with Crippen molar-refractivity contribution in [2.75, 3.05) is 13.6 Å². The van der Waals surface area contributed by atoms with Crippen LogP contribution in [0.4, 0.5) is 0 Å². The topological polar surface area (TPSA) is 3.24 Å². The van der Waals surface area contributed by atoms with Crippen LogP contribution >= 0.6 is 15.9 Å². The predicted octanol–water partition coefficient (Wildman–Crippen LogP) is 3.21. The second-order valence-corrected chi connectivity index (χ2v) is 5.47. The van der Waals surface area contributed by atoms with Gasteiger partial charge in [-0.1, -0.05) is 47.1 Å². The largest absolute Gasteiger partial charge is 0.301 e. The molecule has 0 aliphatic heterocycles. The zero-order valence-electron chi connectivity index (χ0n) is 9.13. The monoisotopic (exact) mass is 255 g/mol. The van der Waals surface area contributed by atoms with Crippen LogP contribution in [0.2, 0.25) is 0 Å². The van der Waals surface area contributed by atoms with Crippen molar-refractivity contribution >= 4 is 15.9 Å². The number of hydrogen-bond acceptors (Lipinski definition) is 1. The third kappa shape index (κ3) is 3.81. The lowest BCUT2D eigenvalue weighted by atomic mass is 10.1. The van der Waals surface area contributed by atoms with E-state index in [0.717, 1.165) is 13.1 Å². The van der Waals surface area contributed by atoms with Gasteiger partial charge in [0.1, 0.15) is 0 Å². The quantitative estimate of drug-likeness (QED) is 0.748. The van der Waals surface area contributed by atoms with E-state index in [-0.39, 0.29) is 0 Å². The number of nitrogens with zero attached hydrogens (tertiary/aromatic N) is 1. The van der Waals surface area contributed by atoms with Crippen molar-refractivity contribution in [1.82, 2.24) is 4.90 Å². The van der Waals surface area contributed by atoms with Gasteiger partial charge in [-0.15, -0.1) is 0 Å². The minimum Gasteiger partial charge on any atom is -0.301 e. The van der Waals surface area contributed by atoms with Gasteiger partial charge in [-0.25, -0.2) is 0 Å². The molecule has 78 valence electrons. The minimum absolute atomic E-state index is 0.552. The molecular weight excluding hydrogens is 238 g/mol. The molecule has 2 heteroatoms. The van der Waals surface area contributed by atoms with Gasteiger partial charge in [0.05, 0.1) is 0 Å². The van der Waals surface area contributed by atoms with Crippen molar-refractivity contribution in [1.29, 1.82) is 0 Å². The lowest BCUT2D eigenvalue weighted by molar-refractivity contribution is 0.332. The summed E-state index contributed by atoms with van der Waals surface area (Å²) in [6, 6.07) is 8.56. The number of alkyl halides is 1. The fourth-order valence-electron chi connectivity index (χ4n) is 1.57. The Balaban J connectivity index is 2.56. The van der Waals surface area contributed by atoms with Crippen LogP contribution in [0, 0.1) is 6.92 Å². The maximum Gasteiger partial charge on any atom is 0.0244 e. The molecule has 1 aromatic carbocycles. The highest BCUT2D eigenvalue weighted by Crippen LogP contribution is 2.10. The first-order valence-corrected chi connectivity index (χ1v) is 5.88. The molecule has 0 spiro atoms. The molecule has 1 aromatic rings. The van der Waals surface area contributed by atoms with Crippen LogP contribution in [0.1, 0.15) is 18.1 Å². The number of rotatable bonds is 4. The first-order valence-electron chi connectivity index (χ1n) is 4.96. The zero-order valence-corrected chi connectivity index (χ0v) is 10.7. The Bertz CT molecular complexity index is 283. The van der Waals surface area contributed by atoms with Gasteiger partial charge in [0.2, 0.25) is 0 Å². The van der Waals surface area contributed by atoms with Gasteiger partial charge in [-0.2, -0.15) is 0 Å². The van der Waals surface area contributed by atoms with Gasteiger partial charge < -0.3 is 4.90 Å². The Morgan fingerprint density at radius 1 is 1.36 bits per heavy atom. The summed E-state index contributed by atoms with van der Waals surface area (Å²) in [5.41, 5.74) is 2.80. The molecule has 0 saturated heterocycles. The summed E-state index contributed by atoms with van der Waals surface area (Å²) in [5.74, 6) is 0. The first-order chi connectivity index (χ1) is 6.59. The zero-order chi connectivity index (χ0) is 10.6. The second-order valence-electron chi connectivity index (χ2n) is 3.90. The summed E-state index contributed by atoms with van der Waals surface area (Å²) in [6.07, 6.45) is 0. The van der Waals surface area contributed by atoms with Gasteiger partial charge in [-0.3, -0.25) is 0 Å². The molecule has 0 amide bonds. The normalized spacial score (nSPS) is 13.2. The van der Waals surface area contributed by atoms with Crippen LogP contribution in [-0.2, 0) is 6.54 Å². The van der Waals surface area contributed by atoms with E-state index in [1.807, 2.05) is 0 Å². The van der Waals surface area contributed by atoms with Crippen molar-refractivity contribution < 1.29 is 0 Å². The van der Waals surface area contributed by atoms with Crippen molar-refractivity contribution in [3.05, 3.63) is 35.4 Å². The Labute approximate surface area is 95.2 Å². The van der Waals surface area contributed by atoms with Crippen LogP contribution in [-0.4, -0.2) is 23.3 Å². The van der Waals surface area contributed by atoms with Crippen LogP contribution < -0.4 is 0 Å². The van der Waals surface area contributed by atoms with E-state index in [4.69, 9.17) is 0 Å². The van der Waals surface area contributed by atoms with Crippen molar-refractivity contribution in [2.24, 2.45) is 0 Å². The molecule has 0 fully saturated rings. The highest BCUT2D eigenvalue weighted by molar-refractivity contribution is 9.09. The van der Waals surface area contributed by atoms with Crippen LogP contribution in [0.25, 0.3) is 0 Å². The second kappa shape index (κ2) is 5.52. The van der Waals surface area contributed by atoms with E-state index in [9.17, 15) is 0 Å². The summed E-state index contributed by atoms with van der Waals surface area (Å²) in [5, 5.41) is 0. The summed E-state index contributed by atoms with van der Waals surface area (Å²) >= 11 is 3.57. The molecule has 1 unspecified atom stereocenters. The third-order valence-electron chi connectivity index (χ3n) is 2.26. The van der Waals surface area contributed by atoms with Crippen molar-refractivity contribution in [3.8, 4) is 0 Å². The smallest absolute Gasteiger partial charge is 0.0244 e. The van der Waals surface area contributed by atoms with E-state index < -0.39 is 0 Å². The van der Waals surface area contributed by atoms with E-state index in [1.54, 1.807) is 0 Å². The van der Waals surface area contributed by atoms with E-state index >= 15 is 0 Å². The standard InChI is InChI=1S/C12H18BrN/c1-10-6-4-5-7-12(10)9-14(3)8-11(2)13/h4-7,11H,8-9H2,1-3H3. The first kappa shape index (κ1) is 11.7. The van der Waals surface area contributed by atoms with Gasteiger partial charge >= 0.3 is 0 Å². The lowest BCUT2D eigenvalue weighted by Crippen LogP contribution is -2.24. The molecule has 1 rings (SSSR count).